The molecule has 0 aromatic heterocycles. The molecule has 23 heavy (non-hydrogen) atoms. The summed E-state index contributed by atoms with van der Waals surface area (Å²) in [5, 5.41) is 2.69. The van der Waals surface area contributed by atoms with E-state index in [1.165, 1.54) is 0 Å². The van der Waals surface area contributed by atoms with Gasteiger partial charge in [0.1, 0.15) is 0 Å². The van der Waals surface area contributed by atoms with E-state index in [9.17, 15) is 13.2 Å². The molecule has 0 bridgehead atoms. The van der Waals surface area contributed by atoms with E-state index >= 15 is 0 Å². The fraction of sp³-hybridized carbons (Fsp3) is 0.562. The minimum Gasteiger partial charge on any atom is -0.358 e. The van der Waals surface area contributed by atoms with Gasteiger partial charge in [0.05, 0.1) is 10.9 Å². The summed E-state index contributed by atoms with van der Waals surface area (Å²) in [7, 11) is 0.0839. The van der Waals surface area contributed by atoms with Crippen molar-refractivity contribution < 1.29 is 13.2 Å². The van der Waals surface area contributed by atoms with Crippen LogP contribution in [-0.4, -0.2) is 62.8 Å². The Labute approximate surface area is 137 Å². The molecule has 3 rings (SSSR count). The van der Waals surface area contributed by atoms with E-state index in [0.29, 0.717) is 24.4 Å². The Balaban J connectivity index is 1.78. The molecule has 2 aliphatic heterocycles. The molecule has 1 aromatic carbocycles. The Bertz CT molecular complexity index is 719. The number of hydrogen-bond donors (Lipinski definition) is 1. The van der Waals surface area contributed by atoms with Crippen molar-refractivity contribution in [3.63, 3.8) is 0 Å². The lowest BCUT2D eigenvalue weighted by atomic mass is 10.0. The summed E-state index contributed by atoms with van der Waals surface area (Å²) in [6.07, 6.45) is 0.709. The van der Waals surface area contributed by atoms with E-state index in [1.807, 2.05) is 24.9 Å². The summed E-state index contributed by atoms with van der Waals surface area (Å²) in [6, 6.07) is 6.97. The zero-order valence-corrected chi connectivity index (χ0v) is 14.5. The van der Waals surface area contributed by atoms with E-state index in [1.54, 1.807) is 29.6 Å². The topological polar surface area (TPSA) is 69.7 Å². The summed E-state index contributed by atoms with van der Waals surface area (Å²) in [4.78, 5) is 14.3. The van der Waals surface area contributed by atoms with Gasteiger partial charge >= 0.3 is 0 Å². The van der Waals surface area contributed by atoms with Crippen LogP contribution >= 0.6 is 0 Å². The maximum atomic E-state index is 12.8. The quantitative estimate of drug-likeness (QED) is 0.869. The zero-order chi connectivity index (χ0) is 16.8. The van der Waals surface area contributed by atoms with E-state index in [2.05, 4.69) is 5.32 Å². The molecule has 0 spiro atoms. The minimum atomic E-state index is -3.46. The molecular formula is C16H23N3O3S. The zero-order valence-electron chi connectivity index (χ0n) is 13.7. The van der Waals surface area contributed by atoms with Crippen molar-refractivity contribution in [2.75, 3.05) is 27.2 Å². The molecule has 2 unspecified atom stereocenters. The van der Waals surface area contributed by atoms with Gasteiger partial charge in [-0.05, 0) is 44.0 Å². The number of nitrogens with zero attached hydrogens (tertiary/aromatic N) is 2. The molecule has 6 nitrogen and oxygen atoms in total. The van der Waals surface area contributed by atoms with Gasteiger partial charge in [0, 0.05) is 26.2 Å². The monoisotopic (exact) mass is 337 g/mol. The molecule has 1 amide bonds. The number of nitrogens with one attached hydrogen (secondary N) is 1. The summed E-state index contributed by atoms with van der Waals surface area (Å²) in [6.45, 7) is 2.82. The number of carbonyl (C=O) groups excluding carboxylic acids is 1. The number of likely N-dealkylation sites (tertiary alicyclic amines) is 1. The number of amides is 1. The van der Waals surface area contributed by atoms with E-state index in [-0.39, 0.29) is 23.9 Å². The highest BCUT2D eigenvalue weighted by molar-refractivity contribution is 7.89. The molecule has 2 saturated heterocycles. The van der Waals surface area contributed by atoms with Gasteiger partial charge in [0.15, 0.2) is 0 Å². The van der Waals surface area contributed by atoms with Crippen molar-refractivity contribution in [2.24, 2.45) is 5.92 Å². The summed E-state index contributed by atoms with van der Waals surface area (Å²) in [5.41, 5.74) is 0.933. The van der Waals surface area contributed by atoms with Gasteiger partial charge in [-0.2, -0.15) is 4.31 Å². The van der Waals surface area contributed by atoms with Gasteiger partial charge in [0.2, 0.25) is 15.9 Å². The highest BCUT2D eigenvalue weighted by Crippen LogP contribution is 2.36. The fourth-order valence-electron chi connectivity index (χ4n) is 3.77. The van der Waals surface area contributed by atoms with Crippen LogP contribution in [0.25, 0.3) is 0 Å². The molecule has 0 aliphatic carbocycles. The molecule has 1 aromatic rings. The van der Waals surface area contributed by atoms with Gasteiger partial charge in [-0.15, -0.1) is 0 Å². The Morgan fingerprint density at radius 2 is 2.04 bits per heavy atom. The smallest absolute Gasteiger partial charge is 0.243 e. The van der Waals surface area contributed by atoms with Crippen LogP contribution in [0.3, 0.4) is 0 Å². The minimum absolute atomic E-state index is 0.00925. The maximum absolute atomic E-state index is 12.8. The normalized spacial score (nSPS) is 28.7. The Hall–Kier alpha value is -1.44. The fourth-order valence-corrected chi connectivity index (χ4v) is 5.39. The molecule has 2 fully saturated rings. The lowest BCUT2D eigenvalue weighted by Crippen LogP contribution is -2.45. The van der Waals surface area contributed by atoms with E-state index in [4.69, 9.17) is 0 Å². The van der Waals surface area contributed by atoms with Gasteiger partial charge in [-0.1, -0.05) is 12.1 Å². The molecule has 1 N–H and O–H groups in total. The Morgan fingerprint density at radius 1 is 1.30 bits per heavy atom. The summed E-state index contributed by atoms with van der Waals surface area (Å²) in [5.74, 6) is 0.219. The van der Waals surface area contributed by atoms with Crippen LogP contribution in [0.2, 0.25) is 0 Å². The van der Waals surface area contributed by atoms with E-state index in [0.717, 1.165) is 5.56 Å². The molecule has 0 radical (unpaired) electrons. The van der Waals surface area contributed by atoms with Gasteiger partial charge in [0.25, 0.3) is 0 Å². The van der Waals surface area contributed by atoms with Crippen LogP contribution in [0.1, 0.15) is 12.0 Å². The molecule has 3 atom stereocenters. The van der Waals surface area contributed by atoms with Crippen LogP contribution in [0.4, 0.5) is 0 Å². The highest BCUT2D eigenvalue weighted by Gasteiger charge is 2.49. The second-order valence-electron chi connectivity index (χ2n) is 6.50. The standard InChI is InChI=1S/C16H23N3O3S/c1-11-5-4-6-13(7-11)23(21,22)19-9-12-8-14(16(20)17-2)18(3)15(12)10-19/h4-7,12,14-15H,8-10H2,1-3H3,(H,17,20)/t12?,14-,15?/m0/s1. The van der Waals surface area contributed by atoms with Crippen molar-refractivity contribution in [1.82, 2.24) is 14.5 Å². The van der Waals surface area contributed by atoms with Crippen LogP contribution in [0, 0.1) is 12.8 Å². The molecule has 0 saturated carbocycles. The Kier molecular flexibility index (Phi) is 4.20. The first-order valence-electron chi connectivity index (χ1n) is 7.85. The third kappa shape index (κ3) is 2.77. The SMILES string of the molecule is CNC(=O)[C@@H]1CC2CN(S(=O)(=O)c3cccc(C)c3)CC2N1C. The number of aryl methyl sites for hydroxylation is 1. The van der Waals surface area contributed by atoms with Gasteiger partial charge in [-0.25, -0.2) is 8.42 Å². The second-order valence-corrected chi connectivity index (χ2v) is 8.44. The lowest BCUT2D eigenvalue weighted by molar-refractivity contribution is -0.125. The predicted molar refractivity (Wildman–Crippen MR) is 87.5 cm³/mol. The van der Waals surface area contributed by atoms with E-state index < -0.39 is 10.0 Å². The van der Waals surface area contributed by atoms with Crippen molar-refractivity contribution in [2.45, 2.75) is 30.3 Å². The maximum Gasteiger partial charge on any atom is 0.243 e. The first-order chi connectivity index (χ1) is 10.8. The van der Waals surface area contributed by atoms with Crippen LogP contribution in [0.5, 0.6) is 0 Å². The number of hydrogen-bond acceptors (Lipinski definition) is 4. The molecule has 7 heteroatoms. The lowest BCUT2D eigenvalue weighted by Gasteiger charge is -2.25. The van der Waals surface area contributed by atoms with Crippen molar-refractivity contribution in [1.29, 1.82) is 0 Å². The average molecular weight is 337 g/mol. The predicted octanol–water partition coefficient (Wildman–Crippen LogP) is 0.434. The second kappa shape index (κ2) is 5.89. The Morgan fingerprint density at radius 3 is 2.65 bits per heavy atom. The first-order valence-corrected chi connectivity index (χ1v) is 9.29. The molecule has 126 valence electrons. The largest absolute Gasteiger partial charge is 0.358 e. The number of carbonyl (C=O) groups is 1. The highest BCUT2D eigenvalue weighted by atomic mass is 32.2. The van der Waals surface area contributed by atoms with Crippen molar-refractivity contribution >= 4 is 15.9 Å². The van der Waals surface area contributed by atoms with Crippen molar-refractivity contribution in [3.8, 4) is 0 Å². The summed E-state index contributed by atoms with van der Waals surface area (Å²) < 4.78 is 27.2. The number of sulfonamides is 1. The number of fused-ring (bicyclic) bond motifs is 1. The molecule has 2 aliphatic rings. The van der Waals surface area contributed by atoms with Crippen LogP contribution in [0.15, 0.2) is 29.2 Å². The van der Waals surface area contributed by atoms with Crippen LogP contribution < -0.4 is 5.32 Å². The van der Waals surface area contributed by atoms with Gasteiger partial charge < -0.3 is 5.32 Å². The third-order valence-electron chi connectivity index (χ3n) is 5.09. The van der Waals surface area contributed by atoms with Crippen molar-refractivity contribution in [3.05, 3.63) is 29.8 Å². The number of rotatable bonds is 3. The third-order valence-corrected chi connectivity index (χ3v) is 6.92. The molecular weight excluding hydrogens is 314 g/mol. The van der Waals surface area contributed by atoms with Gasteiger partial charge in [-0.3, -0.25) is 9.69 Å². The summed E-state index contributed by atoms with van der Waals surface area (Å²) >= 11 is 0. The van der Waals surface area contributed by atoms with Crippen LogP contribution in [-0.2, 0) is 14.8 Å². The number of benzene rings is 1. The molecule has 2 heterocycles. The first kappa shape index (κ1) is 16.4. The number of likely N-dealkylation sites (N-methyl/N-ethyl adjacent to an activating group) is 2. The average Bonchev–Trinajstić information content (AvgIpc) is 3.07.